The van der Waals surface area contributed by atoms with E-state index in [0.29, 0.717) is 6.61 Å². The molecule has 1 aromatic carbocycles. The number of nitrogens with zero attached hydrogens (tertiary/aromatic N) is 1. The number of benzene rings is 1. The molecule has 0 aliphatic heterocycles. The summed E-state index contributed by atoms with van der Waals surface area (Å²) in [5.41, 5.74) is 1.45. The second-order valence-electron chi connectivity index (χ2n) is 6.16. The minimum absolute atomic E-state index is 0.146. The van der Waals surface area contributed by atoms with Crippen LogP contribution in [0.15, 0.2) is 47.2 Å². The van der Waals surface area contributed by atoms with Gasteiger partial charge in [-0.15, -0.1) is 0 Å². The molecule has 4 heteroatoms. The van der Waals surface area contributed by atoms with Gasteiger partial charge in [0.1, 0.15) is 12.4 Å². The highest BCUT2D eigenvalue weighted by molar-refractivity contribution is 9.10. The maximum Gasteiger partial charge on any atom is 0.119 e. The molecule has 0 saturated heterocycles. The molecule has 0 fully saturated rings. The van der Waals surface area contributed by atoms with E-state index in [0.717, 1.165) is 23.3 Å². The van der Waals surface area contributed by atoms with Crippen molar-refractivity contribution in [3.63, 3.8) is 0 Å². The van der Waals surface area contributed by atoms with Crippen LogP contribution in [0.1, 0.15) is 26.3 Å². The van der Waals surface area contributed by atoms with Crippen molar-refractivity contribution >= 4 is 15.9 Å². The Morgan fingerprint density at radius 2 is 1.86 bits per heavy atom. The quantitative estimate of drug-likeness (QED) is 0.844. The molecule has 0 saturated carbocycles. The largest absolute Gasteiger partial charge is 0.492 e. The minimum atomic E-state index is 0.146. The maximum absolute atomic E-state index is 5.73. The van der Waals surface area contributed by atoms with Crippen LogP contribution >= 0.6 is 15.9 Å². The molecular weight excluding hydrogens is 328 g/mol. The maximum atomic E-state index is 5.73. The normalized spacial score (nSPS) is 11.6. The zero-order chi connectivity index (χ0) is 15.3. The Bertz CT molecular complexity index is 555. The van der Waals surface area contributed by atoms with Crippen LogP contribution < -0.4 is 10.1 Å². The number of ether oxygens (including phenoxy) is 1. The minimum Gasteiger partial charge on any atom is -0.492 e. The summed E-state index contributed by atoms with van der Waals surface area (Å²) in [5.74, 6) is 0.903. The number of hydrogen-bond acceptors (Lipinski definition) is 2. The van der Waals surface area contributed by atoms with Crippen molar-refractivity contribution in [1.82, 2.24) is 9.88 Å². The molecule has 0 aliphatic rings. The first-order chi connectivity index (χ1) is 9.92. The second kappa shape index (κ2) is 7.14. The van der Waals surface area contributed by atoms with Gasteiger partial charge in [0.25, 0.3) is 0 Å². The van der Waals surface area contributed by atoms with Gasteiger partial charge in [-0.25, -0.2) is 0 Å². The van der Waals surface area contributed by atoms with Crippen LogP contribution in [0.2, 0.25) is 0 Å². The number of nitrogens with one attached hydrogen (secondary N) is 1. The molecule has 0 atom stereocenters. The molecule has 0 radical (unpaired) electrons. The van der Waals surface area contributed by atoms with Crippen molar-refractivity contribution in [2.24, 2.45) is 0 Å². The molecule has 2 aromatic rings. The van der Waals surface area contributed by atoms with Gasteiger partial charge in [0, 0.05) is 29.0 Å². The van der Waals surface area contributed by atoms with Crippen molar-refractivity contribution in [2.45, 2.75) is 39.4 Å². The summed E-state index contributed by atoms with van der Waals surface area (Å²) in [4.78, 5) is 0. The Morgan fingerprint density at radius 3 is 2.52 bits per heavy atom. The van der Waals surface area contributed by atoms with E-state index in [9.17, 15) is 0 Å². The average molecular weight is 351 g/mol. The van der Waals surface area contributed by atoms with Gasteiger partial charge in [-0.1, -0.05) is 15.9 Å². The van der Waals surface area contributed by atoms with E-state index in [1.54, 1.807) is 0 Å². The summed E-state index contributed by atoms with van der Waals surface area (Å²) in [6, 6.07) is 10.1. The Morgan fingerprint density at radius 1 is 1.14 bits per heavy atom. The van der Waals surface area contributed by atoms with Gasteiger partial charge in [0.15, 0.2) is 0 Å². The summed E-state index contributed by atoms with van der Waals surface area (Å²) in [6.45, 7) is 8.94. The standard InChI is InChI=1S/C17H23BrN2O/c1-17(2,3)19-12-14-8-9-20(13-14)10-11-21-16-6-4-15(18)5-7-16/h4-9,13,19H,10-12H2,1-3H3. The fraction of sp³-hybridized carbons (Fsp3) is 0.412. The first-order valence-corrected chi connectivity index (χ1v) is 8.00. The van der Waals surface area contributed by atoms with Crippen molar-refractivity contribution in [1.29, 1.82) is 0 Å². The third kappa shape index (κ3) is 5.94. The Kier molecular flexibility index (Phi) is 5.48. The molecule has 0 spiro atoms. The van der Waals surface area contributed by atoms with Gasteiger partial charge in [0.05, 0.1) is 6.54 Å². The average Bonchev–Trinajstić information content (AvgIpc) is 2.86. The molecule has 114 valence electrons. The SMILES string of the molecule is CC(C)(C)NCc1ccn(CCOc2ccc(Br)cc2)c1. The van der Waals surface area contributed by atoms with Crippen LogP contribution in [-0.4, -0.2) is 16.7 Å². The van der Waals surface area contributed by atoms with Crippen LogP contribution in [0.25, 0.3) is 0 Å². The highest BCUT2D eigenvalue weighted by atomic mass is 79.9. The van der Waals surface area contributed by atoms with Crippen LogP contribution in [0, 0.1) is 0 Å². The molecule has 21 heavy (non-hydrogen) atoms. The lowest BCUT2D eigenvalue weighted by atomic mass is 10.1. The Balaban J connectivity index is 1.76. The van der Waals surface area contributed by atoms with Crippen molar-refractivity contribution in [3.8, 4) is 5.75 Å². The fourth-order valence-electron chi connectivity index (χ4n) is 1.90. The smallest absolute Gasteiger partial charge is 0.119 e. The molecule has 1 aromatic heterocycles. The molecular formula is C17H23BrN2O. The van der Waals surface area contributed by atoms with E-state index in [1.807, 2.05) is 24.3 Å². The van der Waals surface area contributed by atoms with Crippen molar-refractivity contribution in [2.75, 3.05) is 6.61 Å². The Labute approximate surface area is 135 Å². The molecule has 0 amide bonds. The van der Waals surface area contributed by atoms with Crippen LogP contribution in [0.4, 0.5) is 0 Å². The van der Waals surface area contributed by atoms with Gasteiger partial charge in [-0.2, -0.15) is 0 Å². The van der Waals surface area contributed by atoms with Gasteiger partial charge >= 0.3 is 0 Å². The molecule has 1 heterocycles. The molecule has 0 bridgehead atoms. The van der Waals surface area contributed by atoms with Crippen molar-refractivity contribution in [3.05, 3.63) is 52.8 Å². The molecule has 0 unspecified atom stereocenters. The molecule has 3 nitrogen and oxygen atoms in total. The van der Waals surface area contributed by atoms with Gasteiger partial charge < -0.3 is 14.6 Å². The van der Waals surface area contributed by atoms with E-state index in [4.69, 9.17) is 4.74 Å². The summed E-state index contributed by atoms with van der Waals surface area (Å²) < 4.78 is 8.96. The van der Waals surface area contributed by atoms with Gasteiger partial charge in [0.2, 0.25) is 0 Å². The van der Waals surface area contributed by atoms with Crippen LogP contribution in [0.3, 0.4) is 0 Å². The van der Waals surface area contributed by atoms with Gasteiger partial charge in [-0.05, 0) is 56.7 Å². The van der Waals surface area contributed by atoms with E-state index in [-0.39, 0.29) is 5.54 Å². The fourth-order valence-corrected chi connectivity index (χ4v) is 2.17. The number of rotatable bonds is 6. The topological polar surface area (TPSA) is 26.2 Å². The number of hydrogen-bond donors (Lipinski definition) is 1. The van der Waals surface area contributed by atoms with E-state index < -0.39 is 0 Å². The number of aromatic nitrogens is 1. The highest BCUT2D eigenvalue weighted by Gasteiger charge is 2.08. The van der Waals surface area contributed by atoms with Crippen molar-refractivity contribution < 1.29 is 4.74 Å². The van der Waals surface area contributed by atoms with Crippen LogP contribution in [0.5, 0.6) is 5.75 Å². The van der Waals surface area contributed by atoms with E-state index >= 15 is 0 Å². The first-order valence-electron chi connectivity index (χ1n) is 7.20. The zero-order valence-electron chi connectivity index (χ0n) is 12.9. The summed E-state index contributed by atoms with van der Waals surface area (Å²) in [5, 5.41) is 3.49. The summed E-state index contributed by atoms with van der Waals surface area (Å²) >= 11 is 3.42. The third-order valence-electron chi connectivity index (χ3n) is 3.07. The second-order valence-corrected chi connectivity index (χ2v) is 7.08. The first kappa shape index (κ1) is 16.1. The van der Waals surface area contributed by atoms with Crippen LogP contribution in [-0.2, 0) is 13.1 Å². The Hall–Kier alpha value is -1.26. The lowest BCUT2D eigenvalue weighted by Gasteiger charge is -2.19. The molecule has 2 rings (SSSR count). The lowest BCUT2D eigenvalue weighted by Crippen LogP contribution is -2.34. The summed E-state index contributed by atoms with van der Waals surface area (Å²) in [7, 11) is 0. The number of halogens is 1. The third-order valence-corrected chi connectivity index (χ3v) is 3.60. The molecule has 0 aliphatic carbocycles. The van der Waals surface area contributed by atoms with E-state index in [2.05, 4.69) is 65.0 Å². The summed E-state index contributed by atoms with van der Waals surface area (Å²) in [6.07, 6.45) is 4.27. The molecule has 1 N–H and O–H groups in total. The highest BCUT2D eigenvalue weighted by Crippen LogP contribution is 2.16. The monoisotopic (exact) mass is 350 g/mol. The lowest BCUT2D eigenvalue weighted by molar-refractivity contribution is 0.298. The predicted molar refractivity (Wildman–Crippen MR) is 90.7 cm³/mol. The van der Waals surface area contributed by atoms with E-state index in [1.165, 1.54) is 5.56 Å². The van der Waals surface area contributed by atoms with Gasteiger partial charge in [-0.3, -0.25) is 0 Å². The zero-order valence-corrected chi connectivity index (χ0v) is 14.5. The predicted octanol–water partition coefficient (Wildman–Crippen LogP) is 4.22.